The zero-order chi connectivity index (χ0) is 14.8. The molecule has 0 radical (unpaired) electrons. The molecule has 20 heavy (non-hydrogen) atoms. The second kappa shape index (κ2) is 5.73. The molecule has 4 nitrogen and oxygen atoms in total. The lowest BCUT2D eigenvalue weighted by atomic mass is 9.78. The number of carbonyl (C=O) groups excluding carboxylic acids is 1. The van der Waals surface area contributed by atoms with Gasteiger partial charge in [0.15, 0.2) is 0 Å². The van der Waals surface area contributed by atoms with Crippen LogP contribution in [-0.4, -0.2) is 31.0 Å². The Morgan fingerprint density at radius 3 is 2.60 bits per heavy atom. The molecule has 1 aromatic carbocycles. The predicted octanol–water partition coefficient (Wildman–Crippen LogP) is 2.93. The highest BCUT2D eigenvalue weighted by Gasteiger charge is 2.31. The van der Waals surface area contributed by atoms with Crippen LogP contribution in [0.3, 0.4) is 0 Å². The van der Waals surface area contributed by atoms with Crippen molar-refractivity contribution in [3.8, 4) is 5.75 Å². The number of benzene rings is 1. The average molecular weight is 276 g/mol. The van der Waals surface area contributed by atoms with Gasteiger partial charge in [0.1, 0.15) is 5.75 Å². The molecule has 0 atom stereocenters. The first-order valence-electron chi connectivity index (χ1n) is 7.22. The number of carbonyl (C=O) groups is 1. The summed E-state index contributed by atoms with van der Waals surface area (Å²) in [7, 11) is 1.58. The number of ether oxygens (including phenoxy) is 1. The van der Waals surface area contributed by atoms with Crippen molar-refractivity contribution in [1.29, 1.82) is 0 Å². The van der Waals surface area contributed by atoms with Crippen LogP contribution in [0.2, 0.25) is 0 Å². The molecule has 1 fully saturated rings. The van der Waals surface area contributed by atoms with Gasteiger partial charge in [-0.05, 0) is 36.5 Å². The maximum atomic E-state index is 12.6. The molecule has 0 spiro atoms. The van der Waals surface area contributed by atoms with Crippen LogP contribution in [0, 0.1) is 5.41 Å². The highest BCUT2D eigenvalue weighted by atomic mass is 16.5. The Balaban J connectivity index is 2.15. The molecule has 4 heteroatoms. The summed E-state index contributed by atoms with van der Waals surface area (Å²) < 4.78 is 5.27. The Morgan fingerprint density at radius 2 is 2.05 bits per heavy atom. The van der Waals surface area contributed by atoms with E-state index in [-0.39, 0.29) is 5.91 Å². The van der Waals surface area contributed by atoms with Crippen molar-refractivity contribution < 1.29 is 9.53 Å². The lowest BCUT2D eigenvalue weighted by Gasteiger charge is -2.39. The minimum absolute atomic E-state index is 0.0207. The molecule has 0 bridgehead atoms. The van der Waals surface area contributed by atoms with Crippen molar-refractivity contribution in [2.24, 2.45) is 5.41 Å². The van der Waals surface area contributed by atoms with E-state index in [2.05, 4.69) is 13.8 Å². The third kappa shape index (κ3) is 2.89. The van der Waals surface area contributed by atoms with Gasteiger partial charge in [-0.15, -0.1) is 0 Å². The molecule has 0 aromatic heterocycles. The summed E-state index contributed by atoms with van der Waals surface area (Å²) in [5, 5.41) is 0. The molecule has 2 N–H and O–H groups in total. The molecule has 0 saturated carbocycles. The number of methoxy groups -OCH3 is 1. The zero-order valence-electron chi connectivity index (χ0n) is 12.6. The number of nitrogens with zero attached hydrogens (tertiary/aromatic N) is 1. The Labute approximate surface area is 120 Å². The summed E-state index contributed by atoms with van der Waals surface area (Å²) in [5.74, 6) is 0.611. The number of hydrogen-bond acceptors (Lipinski definition) is 3. The molecular formula is C16H24N2O2. The van der Waals surface area contributed by atoms with Gasteiger partial charge in [-0.25, -0.2) is 0 Å². The fourth-order valence-corrected chi connectivity index (χ4v) is 2.67. The highest BCUT2D eigenvalue weighted by molar-refractivity contribution is 5.97. The van der Waals surface area contributed by atoms with Crippen LogP contribution in [-0.2, 0) is 0 Å². The van der Waals surface area contributed by atoms with Crippen molar-refractivity contribution in [3.05, 3.63) is 23.8 Å². The van der Waals surface area contributed by atoms with Gasteiger partial charge in [-0.1, -0.05) is 20.3 Å². The standard InChI is InChI=1S/C16H24N2O2/c1-4-16(2)7-9-18(10-8-16)15(19)13-11-12(17)5-6-14(13)20-3/h5-6,11H,4,7-10,17H2,1-3H3. The van der Waals surface area contributed by atoms with Crippen LogP contribution in [0.15, 0.2) is 18.2 Å². The maximum absolute atomic E-state index is 12.6. The Bertz CT molecular complexity index is 491. The van der Waals surface area contributed by atoms with E-state index in [9.17, 15) is 4.79 Å². The van der Waals surface area contributed by atoms with Gasteiger partial charge in [0.2, 0.25) is 0 Å². The summed E-state index contributed by atoms with van der Waals surface area (Å²) in [6.07, 6.45) is 3.27. The number of likely N-dealkylation sites (tertiary alicyclic amines) is 1. The summed E-state index contributed by atoms with van der Waals surface area (Å²) >= 11 is 0. The van der Waals surface area contributed by atoms with Crippen LogP contribution < -0.4 is 10.5 Å². The average Bonchev–Trinajstić information content (AvgIpc) is 2.47. The third-order valence-corrected chi connectivity index (χ3v) is 4.57. The first kappa shape index (κ1) is 14.7. The second-order valence-corrected chi connectivity index (χ2v) is 5.92. The molecule has 1 saturated heterocycles. The van der Waals surface area contributed by atoms with E-state index >= 15 is 0 Å². The smallest absolute Gasteiger partial charge is 0.257 e. The Hall–Kier alpha value is -1.71. The van der Waals surface area contributed by atoms with E-state index in [4.69, 9.17) is 10.5 Å². The number of rotatable bonds is 3. The minimum atomic E-state index is 0.0207. The number of nitrogen functional groups attached to an aromatic ring is 1. The molecule has 1 heterocycles. The molecule has 1 aliphatic heterocycles. The van der Waals surface area contributed by atoms with Gasteiger partial charge < -0.3 is 15.4 Å². The van der Waals surface area contributed by atoms with Gasteiger partial charge in [0.05, 0.1) is 12.7 Å². The van der Waals surface area contributed by atoms with Gasteiger partial charge in [0, 0.05) is 18.8 Å². The van der Waals surface area contributed by atoms with Crippen molar-refractivity contribution in [1.82, 2.24) is 4.90 Å². The summed E-state index contributed by atoms with van der Waals surface area (Å²) in [6.45, 7) is 6.14. The van der Waals surface area contributed by atoms with Gasteiger partial charge in [-0.2, -0.15) is 0 Å². The lowest BCUT2D eigenvalue weighted by Crippen LogP contribution is -2.42. The first-order chi connectivity index (χ1) is 9.49. The number of anilines is 1. The van der Waals surface area contributed by atoms with E-state index in [1.165, 1.54) is 0 Å². The van der Waals surface area contributed by atoms with Crippen LogP contribution in [0.1, 0.15) is 43.5 Å². The molecule has 0 unspecified atom stereocenters. The topological polar surface area (TPSA) is 55.6 Å². The number of piperidine rings is 1. The van der Waals surface area contributed by atoms with Crippen LogP contribution in [0.25, 0.3) is 0 Å². The van der Waals surface area contributed by atoms with Gasteiger partial charge in [-0.3, -0.25) is 4.79 Å². The SMILES string of the molecule is CCC1(C)CCN(C(=O)c2cc(N)ccc2OC)CC1. The molecule has 1 aromatic rings. The van der Waals surface area contributed by atoms with Crippen molar-refractivity contribution in [2.45, 2.75) is 33.1 Å². The van der Waals surface area contributed by atoms with Gasteiger partial charge >= 0.3 is 0 Å². The maximum Gasteiger partial charge on any atom is 0.257 e. The van der Waals surface area contributed by atoms with E-state index in [1.807, 2.05) is 4.90 Å². The van der Waals surface area contributed by atoms with E-state index in [0.717, 1.165) is 32.4 Å². The zero-order valence-corrected chi connectivity index (χ0v) is 12.6. The quantitative estimate of drug-likeness (QED) is 0.864. The normalized spacial score (nSPS) is 17.9. The van der Waals surface area contributed by atoms with Crippen molar-refractivity contribution in [2.75, 3.05) is 25.9 Å². The molecule has 0 aliphatic carbocycles. The molecule has 2 rings (SSSR count). The van der Waals surface area contributed by atoms with Crippen LogP contribution in [0.4, 0.5) is 5.69 Å². The van der Waals surface area contributed by atoms with Crippen molar-refractivity contribution >= 4 is 11.6 Å². The number of amides is 1. The van der Waals surface area contributed by atoms with E-state index < -0.39 is 0 Å². The number of hydrogen-bond donors (Lipinski definition) is 1. The van der Waals surface area contributed by atoms with E-state index in [0.29, 0.717) is 22.4 Å². The molecular weight excluding hydrogens is 252 g/mol. The number of nitrogens with two attached hydrogens (primary N) is 1. The predicted molar refractivity (Wildman–Crippen MR) is 80.9 cm³/mol. The van der Waals surface area contributed by atoms with Crippen molar-refractivity contribution in [3.63, 3.8) is 0 Å². The monoisotopic (exact) mass is 276 g/mol. The molecule has 1 amide bonds. The summed E-state index contributed by atoms with van der Waals surface area (Å²) in [5.41, 5.74) is 7.31. The fraction of sp³-hybridized carbons (Fsp3) is 0.562. The highest BCUT2D eigenvalue weighted by Crippen LogP contribution is 2.35. The van der Waals surface area contributed by atoms with Gasteiger partial charge in [0.25, 0.3) is 5.91 Å². The molecule has 1 aliphatic rings. The third-order valence-electron chi connectivity index (χ3n) is 4.57. The van der Waals surface area contributed by atoms with Crippen LogP contribution in [0.5, 0.6) is 5.75 Å². The summed E-state index contributed by atoms with van der Waals surface area (Å²) in [6, 6.07) is 5.21. The second-order valence-electron chi connectivity index (χ2n) is 5.92. The first-order valence-corrected chi connectivity index (χ1v) is 7.22. The van der Waals surface area contributed by atoms with E-state index in [1.54, 1.807) is 25.3 Å². The molecule has 110 valence electrons. The summed E-state index contributed by atoms with van der Waals surface area (Å²) in [4.78, 5) is 14.5. The Morgan fingerprint density at radius 1 is 1.40 bits per heavy atom. The Kier molecular flexibility index (Phi) is 4.21. The fourth-order valence-electron chi connectivity index (χ4n) is 2.67. The minimum Gasteiger partial charge on any atom is -0.496 e. The van der Waals surface area contributed by atoms with Crippen LogP contribution >= 0.6 is 0 Å². The largest absolute Gasteiger partial charge is 0.496 e. The lowest BCUT2D eigenvalue weighted by molar-refractivity contribution is 0.0597.